The minimum Gasteiger partial charge on any atom is -0.483 e. The number of rotatable bonds is 6. The molecule has 0 fully saturated rings. The third kappa shape index (κ3) is 4.96. The van der Waals surface area contributed by atoms with Gasteiger partial charge in [-0.15, -0.1) is 0 Å². The molecule has 1 heterocycles. The summed E-state index contributed by atoms with van der Waals surface area (Å²) in [5.41, 5.74) is 7.53. The first-order valence-electron chi connectivity index (χ1n) is 10.3. The predicted octanol–water partition coefficient (Wildman–Crippen LogP) is 5.24. The molecule has 0 saturated heterocycles. The first-order chi connectivity index (χ1) is 14.2. The zero-order valence-electron chi connectivity index (χ0n) is 18.3. The molecule has 3 rings (SSSR count). The fraction of sp³-hybridized carbons (Fsp3) is 0.417. The smallest absolute Gasteiger partial charge is 0.277 e. The lowest BCUT2D eigenvalue weighted by molar-refractivity contribution is -0.123. The second kappa shape index (κ2) is 9.37. The summed E-state index contributed by atoms with van der Waals surface area (Å²) in [7, 11) is 0. The van der Waals surface area contributed by atoms with Crippen LogP contribution in [-0.2, 0) is 4.79 Å². The van der Waals surface area contributed by atoms with Crippen LogP contribution in [0.4, 0.5) is 5.69 Å². The number of carbonyl (C=O) groups is 1. The van der Waals surface area contributed by atoms with Crippen LogP contribution in [0.5, 0.6) is 5.75 Å². The third-order valence-electron chi connectivity index (χ3n) is 5.68. The number of aryl methyl sites for hydroxylation is 1. The number of para-hydroxylation sites is 1. The lowest BCUT2D eigenvalue weighted by Gasteiger charge is -2.47. The van der Waals surface area contributed by atoms with Gasteiger partial charge in [0.2, 0.25) is 0 Å². The van der Waals surface area contributed by atoms with Crippen molar-refractivity contribution in [3.05, 3.63) is 56.7 Å². The number of fused-ring (bicyclic) bond motifs is 1. The number of nitrogens with one attached hydrogen (secondary N) is 1. The fourth-order valence-corrected chi connectivity index (χ4v) is 4.84. The molecular formula is C24H30IN3O2. The van der Waals surface area contributed by atoms with Gasteiger partial charge in [0, 0.05) is 17.8 Å². The highest BCUT2D eigenvalue weighted by atomic mass is 127. The van der Waals surface area contributed by atoms with Crippen molar-refractivity contribution in [3.63, 3.8) is 0 Å². The fourth-order valence-electron chi connectivity index (χ4n) is 4.30. The summed E-state index contributed by atoms with van der Waals surface area (Å²) >= 11 is 2.18. The molecule has 0 spiro atoms. The molecule has 0 saturated carbocycles. The summed E-state index contributed by atoms with van der Waals surface area (Å²) in [6.45, 7) is 12.1. The number of nitrogens with zero attached hydrogens (tertiary/aromatic N) is 2. The Bertz CT molecular complexity index is 955. The maximum absolute atomic E-state index is 12.1. The van der Waals surface area contributed by atoms with Gasteiger partial charge in [0.05, 0.1) is 9.78 Å². The van der Waals surface area contributed by atoms with Gasteiger partial charge in [0.1, 0.15) is 5.75 Å². The number of amides is 1. The quantitative estimate of drug-likeness (QED) is 0.323. The molecule has 2 aromatic carbocycles. The standard InChI is InChI=1S/C24H30IN3O2/c1-6-28-21-11-16(2)18(12-19(21)17(3)13-24(28,4)5)14-26-27-23(29)15-30-22-10-8-7-9-20(22)25/h7-12,14,17H,6,13,15H2,1-5H3,(H,27,29)/b26-14+. The lowest BCUT2D eigenvalue weighted by atomic mass is 9.79. The summed E-state index contributed by atoms with van der Waals surface area (Å²) < 4.78 is 6.53. The SMILES string of the molecule is CCN1c2cc(C)c(/C=N/NC(=O)COc3ccccc3I)cc2C(C)CC1(C)C. The van der Waals surface area contributed by atoms with Gasteiger partial charge in [-0.1, -0.05) is 19.1 Å². The van der Waals surface area contributed by atoms with Crippen molar-refractivity contribution in [2.45, 2.75) is 52.5 Å². The Morgan fingerprint density at radius 3 is 2.80 bits per heavy atom. The van der Waals surface area contributed by atoms with Crippen LogP contribution in [0.3, 0.4) is 0 Å². The maximum atomic E-state index is 12.1. The Hall–Kier alpha value is -2.09. The van der Waals surface area contributed by atoms with E-state index in [1.54, 1.807) is 6.21 Å². The molecule has 1 atom stereocenters. The van der Waals surface area contributed by atoms with E-state index in [0.29, 0.717) is 11.7 Å². The van der Waals surface area contributed by atoms with Crippen LogP contribution in [0.15, 0.2) is 41.5 Å². The molecule has 0 bridgehead atoms. The number of ether oxygens (including phenoxy) is 1. The number of anilines is 1. The Labute approximate surface area is 193 Å². The van der Waals surface area contributed by atoms with Crippen molar-refractivity contribution in [3.8, 4) is 5.75 Å². The van der Waals surface area contributed by atoms with E-state index in [1.807, 2.05) is 24.3 Å². The molecule has 2 aromatic rings. The topological polar surface area (TPSA) is 53.9 Å². The van der Waals surface area contributed by atoms with Crippen LogP contribution in [0.2, 0.25) is 0 Å². The van der Waals surface area contributed by atoms with E-state index in [4.69, 9.17) is 4.74 Å². The number of hydrogen-bond acceptors (Lipinski definition) is 4. The first kappa shape index (κ1) is 22.6. The lowest BCUT2D eigenvalue weighted by Crippen LogP contribution is -2.48. The summed E-state index contributed by atoms with van der Waals surface area (Å²) in [5.74, 6) is 0.885. The second-order valence-electron chi connectivity index (χ2n) is 8.44. The molecule has 30 heavy (non-hydrogen) atoms. The molecule has 0 aliphatic carbocycles. The van der Waals surface area contributed by atoms with Crippen molar-refractivity contribution in [1.29, 1.82) is 0 Å². The normalized spacial score (nSPS) is 17.7. The van der Waals surface area contributed by atoms with Gasteiger partial charge in [-0.25, -0.2) is 5.43 Å². The highest BCUT2D eigenvalue weighted by molar-refractivity contribution is 14.1. The molecule has 6 heteroatoms. The van der Waals surface area contributed by atoms with Crippen molar-refractivity contribution in [1.82, 2.24) is 5.43 Å². The van der Waals surface area contributed by atoms with Crippen LogP contribution in [0, 0.1) is 10.5 Å². The molecule has 1 aliphatic rings. The van der Waals surface area contributed by atoms with Crippen LogP contribution < -0.4 is 15.1 Å². The Morgan fingerprint density at radius 2 is 2.10 bits per heavy atom. The first-order valence-corrected chi connectivity index (χ1v) is 11.4. The molecule has 1 N–H and O–H groups in total. The van der Waals surface area contributed by atoms with Gasteiger partial charge in [-0.3, -0.25) is 4.79 Å². The van der Waals surface area contributed by atoms with E-state index in [-0.39, 0.29) is 18.1 Å². The van der Waals surface area contributed by atoms with Crippen molar-refractivity contribution >= 4 is 40.4 Å². The molecular weight excluding hydrogens is 489 g/mol. The third-order valence-corrected chi connectivity index (χ3v) is 6.57. The average molecular weight is 519 g/mol. The molecule has 0 radical (unpaired) electrons. The van der Waals surface area contributed by atoms with E-state index >= 15 is 0 Å². The largest absolute Gasteiger partial charge is 0.483 e. The monoisotopic (exact) mass is 519 g/mol. The van der Waals surface area contributed by atoms with Crippen LogP contribution in [-0.4, -0.2) is 30.8 Å². The van der Waals surface area contributed by atoms with E-state index in [0.717, 1.165) is 27.7 Å². The summed E-state index contributed by atoms with van der Waals surface area (Å²) in [6.07, 6.45) is 2.84. The van der Waals surface area contributed by atoms with E-state index < -0.39 is 0 Å². The van der Waals surface area contributed by atoms with Gasteiger partial charge in [0.15, 0.2) is 6.61 Å². The summed E-state index contributed by atoms with van der Waals surface area (Å²) in [5, 5.41) is 4.16. The van der Waals surface area contributed by atoms with Gasteiger partial charge >= 0.3 is 0 Å². The average Bonchev–Trinajstić information content (AvgIpc) is 2.68. The van der Waals surface area contributed by atoms with Crippen LogP contribution in [0.25, 0.3) is 0 Å². The summed E-state index contributed by atoms with van der Waals surface area (Å²) in [4.78, 5) is 14.6. The minimum absolute atomic E-state index is 0.0713. The van der Waals surface area contributed by atoms with Gasteiger partial charge in [-0.2, -0.15) is 5.10 Å². The highest BCUT2D eigenvalue weighted by Gasteiger charge is 2.35. The minimum atomic E-state index is -0.284. The molecule has 1 amide bonds. The van der Waals surface area contributed by atoms with Crippen molar-refractivity contribution < 1.29 is 9.53 Å². The van der Waals surface area contributed by atoms with E-state index in [2.05, 4.69) is 84.8 Å². The number of carbonyl (C=O) groups excluding carboxylic acids is 1. The van der Waals surface area contributed by atoms with Gasteiger partial charge < -0.3 is 9.64 Å². The number of hydrogen-bond donors (Lipinski definition) is 1. The molecule has 1 unspecified atom stereocenters. The zero-order chi connectivity index (χ0) is 21.9. The molecule has 5 nitrogen and oxygen atoms in total. The predicted molar refractivity (Wildman–Crippen MR) is 132 cm³/mol. The summed E-state index contributed by atoms with van der Waals surface area (Å²) in [6, 6.07) is 12.1. The molecule has 1 aliphatic heterocycles. The Balaban J connectivity index is 1.68. The van der Waals surface area contributed by atoms with Crippen LogP contribution >= 0.6 is 22.6 Å². The second-order valence-corrected chi connectivity index (χ2v) is 9.60. The van der Waals surface area contributed by atoms with Gasteiger partial charge in [0.25, 0.3) is 5.91 Å². The van der Waals surface area contributed by atoms with Crippen molar-refractivity contribution in [2.75, 3.05) is 18.1 Å². The Kier molecular flexibility index (Phi) is 7.06. The molecule has 160 valence electrons. The van der Waals surface area contributed by atoms with Crippen molar-refractivity contribution in [2.24, 2.45) is 5.10 Å². The zero-order valence-corrected chi connectivity index (χ0v) is 20.5. The molecule has 0 aromatic heterocycles. The van der Waals surface area contributed by atoms with Crippen LogP contribution in [0.1, 0.15) is 56.7 Å². The number of halogens is 1. The maximum Gasteiger partial charge on any atom is 0.277 e. The highest BCUT2D eigenvalue weighted by Crippen LogP contribution is 2.43. The number of benzene rings is 2. The van der Waals surface area contributed by atoms with E-state index in [9.17, 15) is 4.79 Å². The Morgan fingerprint density at radius 1 is 1.37 bits per heavy atom. The van der Waals surface area contributed by atoms with E-state index in [1.165, 1.54) is 11.3 Å². The van der Waals surface area contributed by atoms with Gasteiger partial charge in [-0.05, 0) is 104 Å². The number of hydrazone groups is 1.